The number of rotatable bonds is 4. The molecule has 3 rings (SSSR count). The summed E-state index contributed by atoms with van der Waals surface area (Å²) < 4.78 is 25.5. The molecule has 0 amide bonds. The van der Waals surface area contributed by atoms with Gasteiger partial charge in [0, 0.05) is 5.92 Å². The van der Waals surface area contributed by atoms with Gasteiger partial charge in [-0.25, -0.2) is 8.42 Å². The topological polar surface area (TPSA) is 80.4 Å². The van der Waals surface area contributed by atoms with Crippen LogP contribution in [-0.4, -0.2) is 30.9 Å². The molecule has 0 aromatic heterocycles. The van der Waals surface area contributed by atoms with E-state index in [0.29, 0.717) is 0 Å². The van der Waals surface area contributed by atoms with Crippen molar-refractivity contribution < 1.29 is 13.5 Å². The van der Waals surface area contributed by atoms with Crippen molar-refractivity contribution in [3.63, 3.8) is 0 Å². The molecule has 0 heterocycles. The van der Waals surface area contributed by atoms with Gasteiger partial charge in [-0.05, 0) is 17.7 Å². The van der Waals surface area contributed by atoms with Crippen LogP contribution in [0.5, 0.6) is 0 Å². The van der Waals surface area contributed by atoms with E-state index in [0.717, 1.165) is 5.56 Å². The molecule has 3 unspecified atom stereocenters. The van der Waals surface area contributed by atoms with Crippen LogP contribution in [0, 0.1) is 0 Å². The summed E-state index contributed by atoms with van der Waals surface area (Å²) >= 11 is 0. The second-order valence-electron chi connectivity index (χ2n) is 5.44. The van der Waals surface area contributed by atoms with Crippen LogP contribution < -0.4 is 5.73 Å². The summed E-state index contributed by atoms with van der Waals surface area (Å²) in [6, 6.07) is 17.5. The van der Waals surface area contributed by atoms with Crippen LogP contribution >= 0.6 is 0 Å². The summed E-state index contributed by atoms with van der Waals surface area (Å²) in [5, 5.41) is 8.80. The van der Waals surface area contributed by atoms with Crippen molar-refractivity contribution in [1.82, 2.24) is 0 Å². The van der Waals surface area contributed by atoms with Crippen LogP contribution in [0.1, 0.15) is 11.5 Å². The van der Waals surface area contributed by atoms with Crippen molar-refractivity contribution >= 4 is 9.84 Å². The molecule has 2 aromatic rings. The minimum Gasteiger partial charge on any atom is -0.394 e. The first-order valence-corrected chi connectivity index (χ1v) is 8.30. The smallest absolute Gasteiger partial charge is 0.183 e. The Morgan fingerprint density at radius 2 is 1.52 bits per heavy atom. The quantitative estimate of drug-likeness (QED) is 0.892. The molecule has 4 nitrogen and oxygen atoms in total. The molecule has 3 atom stereocenters. The maximum atomic E-state index is 12.8. The average Bonchev–Trinajstić information content (AvgIpc) is 3.17. The maximum absolute atomic E-state index is 12.8. The van der Waals surface area contributed by atoms with Crippen LogP contribution in [0.15, 0.2) is 65.6 Å². The number of aliphatic hydroxyl groups excluding tert-OH is 1. The SMILES string of the molecule is NC1(CO)C(c2ccccc2)C1S(=O)(=O)c1ccccc1. The number of aliphatic hydroxyl groups is 1. The van der Waals surface area contributed by atoms with E-state index in [1.807, 2.05) is 30.3 Å². The zero-order chi connectivity index (χ0) is 15.1. The van der Waals surface area contributed by atoms with Crippen LogP contribution in [0.4, 0.5) is 0 Å². The van der Waals surface area contributed by atoms with Crippen molar-refractivity contribution in [2.45, 2.75) is 21.6 Å². The molecule has 21 heavy (non-hydrogen) atoms. The van der Waals surface area contributed by atoms with Gasteiger partial charge in [0.15, 0.2) is 9.84 Å². The third-order valence-corrected chi connectivity index (χ3v) is 6.45. The normalized spacial score (nSPS) is 28.3. The van der Waals surface area contributed by atoms with Gasteiger partial charge < -0.3 is 10.8 Å². The fraction of sp³-hybridized carbons (Fsp3) is 0.250. The lowest BCUT2D eigenvalue weighted by atomic mass is 10.1. The monoisotopic (exact) mass is 303 g/mol. The highest BCUT2D eigenvalue weighted by Gasteiger charge is 2.68. The molecule has 0 spiro atoms. The molecule has 1 fully saturated rings. The Balaban J connectivity index is 2.03. The molecule has 110 valence electrons. The van der Waals surface area contributed by atoms with E-state index < -0.39 is 20.6 Å². The van der Waals surface area contributed by atoms with Crippen molar-refractivity contribution in [3.05, 3.63) is 66.2 Å². The summed E-state index contributed by atoms with van der Waals surface area (Å²) in [4.78, 5) is 0.247. The van der Waals surface area contributed by atoms with Gasteiger partial charge in [-0.2, -0.15) is 0 Å². The fourth-order valence-corrected chi connectivity index (χ4v) is 5.30. The minimum absolute atomic E-state index is 0.247. The molecule has 5 heteroatoms. The predicted octanol–water partition coefficient (Wildman–Crippen LogP) is 1.32. The summed E-state index contributed by atoms with van der Waals surface area (Å²) in [7, 11) is -3.57. The molecule has 1 aliphatic rings. The number of nitrogens with two attached hydrogens (primary N) is 1. The maximum Gasteiger partial charge on any atom is 0.183 e. The third-order valence-electron chi connectivity index (χ3n) is 4.14. The summed E-state index contributed by atoms with van der Waals surface area (Å²) in [6.07, 6.45) is 0. The summed E-state index contributed by atoms with van der Waals surface area (Å²) in [5.41, 5.74) is 5.89. The zero-order valence-electron chi connectivity index (χ0n) is 11.4. The zero-order valence-corrected chi connectivity index (χ0v) is 12.2. The van der Waals surface area contributed by atoms with Gasteiger partial charge >= 0.3 is 0 Å². The third kappa shape index (κ3) is 2.18. The van der Waals surface area contributed by atoms with E-state index in [-0.39, 0.29) is 17.4 Å². The molecule has 0 aliphatic heterocycles. The molecule has 3 N–H and O–H groups in total. The Kier molecular flexibility index (Phi) is 3.36. The highest BCUT2D eigenvalue weighted by molar-refractivity contribution is 7.92. The number of sulfone groups is 1. The van der Waals surface area contributed by atoms with E-state index in [1.165, 1.54) is 0 Å². The molecule has 1 saturated carbocycles. The Bertz CT molecular complexity index is 731. The van der Waals surface area contributed by atoms with E-state index in [2.05, 4.69) is 0 Å². The molecular weight excluding hydrogens is 286 g/mol. The molecule has 1 aliphatic carbocycles. The van der Waals surface area contributed by atoms with Gasteiger partial charge in [-0.1, -0.05) is 48.5 Å². The van der Waals surface area contributed by atoms with Gasteiger partial charge in [0.2, 0.25) is 0 Å². The van der Waals surface area contributed by atoms with E-state index >= 15 is 0 Å². The van der Waals surface area contributed by atoms with Gasteiger partial charge in [-0.3, -0.25) is 0 Å². The summed E-state index contributed by atoms with van der Waals surface area (Å²) in [6.45, 7) is -0.358. The highest BCUT2D eigenvalue weighted by Crippen LogP contribution is 2.55. The van der Waals surface area contributed by atoms with Gasteiger partial charge in [0.1, 0.15) is 0 Å². The first-order valence-electron chi connectivity index (χ1n) is 6.75. The molecule has 0 saturated heterocycles. The van der Waals surface area contributed by atoms with Crippen LogP contribution in [0.25, 0.3) is 0 Å². The van der Waals surface area contributed by atoms with Crippen LogP contribution in [0.3, 0.4) is 0 Å². The first-order chi connectivity index (χ1) is 10.0. The predicted molar refractivity (Wildman–Crippen MR) is 80.6 cm³/mol. The van der Waals surface area contributed by atoms with Crippen LogP contribution in [0.2, 0.25) is 0 Å². The van der Waals surface area contributed by atoms with Gasteiger partial charge in [0.25, 0.3) is 0 Å². The second kappa shape index (κ2) is 4.94. The van der Waals surface area contributed by atoms with E-state index in [9.17, 15) is 13.5 Å². The Labute approximate surface area is 124 Å². The second-order valence-corrected chi connectivity index (χ2v) is 7.51. The van der Waals surface area contributed by atoms with Crippen molar-refractivity contribution in [2.24, 2.45) is 5.73 Å². The standard InChI is InChI=1S/C16H17NO3S/c17-16(11-18)14(12-7-3-1-4-8-12)15(16)21(19,20)13-9-5-2-6-10-13/h1-10,14-15,18H,11,17H2. The largest absolute Gasteiger partial charge is 0.394 e. The number of hydrogen-bond donors (Lipinski definition) is 2. The average molecular weight is 303 g/mol. The minimum atomic E-state index is -3.57. The first kappa shape index (κ1) is 14.3. The van der Waals surface area contributed by atoms with Crippen LogP contribution in [-0.2, 0) is 9.84 Å². The Morgan fingerprint density at radius 1 is 1.00 bits per heavy atom. The highest BCUT2D eigenvalue weighted by atomic mass is 32.2. The Hall–Kier alpha value is -1.69. The summed E-state index contributed by atoms with van der Waals surface area (Å²) in [5.74, 6) is -0.381. The van der Waals surface area contributed by atoms with E-state index in [4.69, 9.17) is 5.73 Å². The lowest BCUT2D eigenvalue weighted by molar-refractivity contribution is 0.253. The molecule has 0 bridgehead atoms. The number of hydrogen-bond acceptors (Lipinski definition) is 4. The van der Waals surface area contributed by atoms with Gasteiger partial charge in [-0.15, -0.1) is 0 Å². The van der Waals surface area contributed by atoms with Gasteiger partial charge in [0.05, 0.1) is 22.3 Å². The van der Waals surface area contributed by atoms with Crippen molar-refractivity contribution in [3.8, 4) is 0 Å². The lowest BCUT2D eigenvalue weighted by Crippen LogP contribution is -2.35. The Morgan fingerprint density at radius 3 is 2.05 bits per heavy atom. The van der Waals surface area contributed by atoms with Crippen molar-refractivity contribution in [2.75, 3.05) is 6.61 Å². The van der Waals surface area contributed by atoms with Crippen molar-refractivity contribution in [1.29, 1.82) is 0 Å². The lowest BCUT2D eigenvalue weighted by Gasteiger charge is -2.08. The molecule has 0 radical (unpaired) electrons. The number of benzene rings is 2. The van der Waals surface area contributed by atoms with E-state index in [1.54, 1.807) is 30.3 Å². The molecule has 2 aromatic carbocycles. The molecular formula is C16H17NO3S. The fourth-order valence-electron chi connectivity index (χ4n) is 2.98.